The van der Waals surface area contributed by atoms with Crippen molar-refractivity contribution in [2.45, 2.75) is 70.8 Å². The van der Waals surface area contributed by atoms with Crippen LogP contribution in [0.3, 0.4) is 0 Å². The molecule has 1 aromatic carbocycles. The molecule has 1 fully saturated rings. The van der Waals surface area contributed by atoms with Crippen molar-refractivity contribution in [3.05, 3.63) is 35.4 Å². The van der Waals surface area contributed by atoms with Crippen molar-refractivity contribution < 1.29 is 0 Å². The minimum atomic E-state index is 0.505. The van der Waals surface area contributed by atoms with E-state index in [0.717, 1.165) is 11.8 Å². The summed E-state index contributed by atoms with van der Waals surface area (Å²) in [5, 5.41) is 3.48. The molecule has 20 heavy (non-hydrogen) atoms. The fourth-order valence-corrected chi connectivity index (χ4v) is 3.43. The van der Waals surface area contributed by atoms with E-state index in [1.165, 1.54) is 50.5 Å². The molecule has 0 saturated heterocycles. The highest BCUT2D eigenvalue weighted by Gasteiger charge is 2.17. The van der Waals surface area contributed by atoms with E-state index >= 15 is 0 Å². The van der Waals surface area contributed by atoms with Crippen molar-refractivity contribution in [1.29, 1.82) is 0 Å². The standard InChI is InChI=1S/C19H31N/c1-4-15(2)14-19(20-3)18-12-10-17(11-13-18)16-8-6-5-7-9-16/h10-13,15-16,19-20H,4-9,14H2,1-3H3. The first kappa shape index (κ1) is 15.6. The summed E-state index contributed by atoms with van der Waals surface area (Å²) in [6, 6.07) is 9.98. The largest absolute Gasteiger partial charge is 0.313 e. The molecular formula is C19H31N. The maximum atomic E-state index is 3.48. The third kappa shape index (κ3) is 4.09. The lowest BCUT2D eigenvalue weighted by Gasteiger charge is -2.24. The fraction of sp³-hybridized carbons (Fsp3) is 0.684. The SMILES string of the molecule is CCC(C)CC(NC)c1ccc(C2CCCCC2)cc1. The van der Waals surface area contributed by atoms with Crippen molar-refractivity contribution in [2.75, 3.05) is 7.05 Å². The number of benzene rings is 1. The smallest absolute Gasteiger partial charge is 0.0320 e. The second-order valence-electron chi connectivity index (χ2n) is 6.59. The van der Waals surface area contributed by atoms with Crippen molar-refractivity contribution in [2.24, 2.45) is 5.92 Å². The molecule has 1 aliphatic carbocycles. The topological polar surface area (TPSA) is 12.0 Å². The quantitative estimate of drug-likeness (QED) is 0.728. The summed E-state index contributed by atoms with van der Waals surface area (Å²) in [4.78, 5) is 0. The van der Waals surface area contributed by atoms with Gasteiger partial charge in [0.15, 0.2) is 0 Å². The van der Waals surface area contributed by atoms with Gasteiger partial charge in [-0.3, -0.25) is 0 Å². The molecule has 112 valence electrons. The van der Waals surface area contributed by atoms with E-state index < -0.39 is 0 Å². The van der Waals surface area contributed by atoms with Crippen molar-refractivity contribution in [1.82, 2.24) is 5.32 Å². The minimum absolute atomic E-state index is 0.505. The second kappa shape index (κ2) is 7.83. The van der Waals surface area contributed by atoms with Gasteiger partial charge in [-0.05, 0) is 49.3 Å². The van der Waals surface area contributed by atoms with Crippen LogP contribution >= 0.6 is 0 Å². The van der Waals surface area contributed by atoms with Gasteiger partial charge in [0.2, 0.25) is 0 Å². The summed E-state index contributed by atoms with van der Waals surface area (Å²) in [7, 11) is 2.09. The van der Waals surface area contributed by atoms with E-state index in [4.69, 9.17) is 0 Å². The Hall–Kier alpha value is -0.820. The summed E-state index contributed by atoms with van der Waals surface area (Å²) in [5.74, 6) is 1.60. The van der Waals surface area contributed by atoms with Gasteiger partial charge in [0.05, 0.1) is 0 Å². The van der Waals surface area contributed by atoms with Crippen LogP contribution in [0.25, 0.3) is 0 Å². The second-order valence-corrected chi connectivity index (χ2v) is 6.59. The summed E-state index contributed by atoms with van der Waals surface area (Å²) < 4.78 is 0. The average molecular weight is 273 g/mol. The van der Waals surface area contributed by atoms with Crippen molar-refractivity contribution in [3.63, 3.8) is 0 Å². The van der Waals surface area contributed by atoms with Gasteiger partial charge in [0, 0.05) is 6.04 Å². The minimum Gasteiger partial charge on any atom is -0.313 e. The molecule has 2 atom stereocenters. The monoisotopic (exact) mass is 273 g/mol. The molecule has 1 N–H and O–H groups in total. The third-order valence-corrected chi connectivity index (χ3v) is 5.10. The van der Waals surface area contributed by atoms with E-state index in [9.17, 15) is 0 Å². The molecule has 0 spiro atoms. The first-order valence-electron chi connectivity index (χ1n) is 8.51. The summed E-state index contributed by atoms with van der Waals surface area (Å²) in [6.07, 6.45) is 9.54. The highest BCUT2D eigenvalue weighted by molar-refractivity contribution is 5.27. The molecule has 0 amide bonds. The van der Waals surface area contributed by atoms with E-state index in [2.05, 4.69) is 50.5 Å². The van der Waals surface area contributed by atoms with Gasteiger partial charge < -0.3 is 5.32 Å². The first-order chi connectivity index (χ1) is 9.74. The zero-order valence-electron chi connectivity index (χ0n) is 13.5. The Kier molecular flexibility index (Phi) is 6.09. The Morgan fingerprint density at radius 2 is 1.75 bits per heavy atom. The Bertz CT molecular complexity index is 375. The van der Waals surface area contributed by atoms with Gasteiger partial charge in [-0.1, -0.05) is 63.8 Å². The molecule has 0 aromatic heterocycles. The van der Waals surface area contributed by atoms with Gasteiger partial charge in [-0.25, -0.2) is 0 Å². The number of nitrogens with one attached hydrogen (secondary N) is 1. The zero-order chi connectivity index (χ0) is 14.4. The van der Waals surface area contributed by atoms with E-state index in [1.807, 2.05) is 0 Å². The Labute approximate surface area is 125 Å². The van der Waals surface area contributed by atoms with E-state index in [0.29, 0.717) is 6.04 Å². The molecule has 0 aliphatic heterocycles. The zero-order valence-corrected chi connectivity index (χ0v) is 13.5. The Morgan fingerprint density at radius 3 is 2.30 bits per heavy atom. The van der Waals surface area contributed by atoms with Crippen LogP contribution in [0.5, 0.6) is 0 Å². The highest BCUT2D eigenvalue weighted by Crippen LogP contribution is 2.33. The van der Waals surface area contributed by atoms with Crippen LogP contribution in [0.15, 0.2) is 24.3 Å². The molecule has 0 heterocycles. The molecule has 0 radical (unpaired) electrons. The van der Waals surface area contributed by atoms with E-state index in [-0.39, 0.29) is 0 Å². The lowest BCUT2D eigenvalue weighted by Crippen LogP contribution is -2.19. The van der Waals surface area contributed by atoms with Crippen LogP contribution in [0.4, 0.5) is 0 Å². The Morgan fingerprint density at radius 1 is 1.10 bits per heavy atom. The summed E-state index contributed by atoms with van der Waals surface area (Å²) in [5.41, 5.74) is 3.01. The van der Waals surface area contributed by atoms with Crippen LogP contribution < -0.4 is 5.32 Å². The van der Waals surface area contributed by atoms with Gasteiger partial charge >= 0.3 is 0 Å². The number of hydrogen-bond acceptors (Lipinski definition) is 1. The first-order valence-corrected chi connectivity index (χ1v) is 8.51. The van der Waals surface area contributed by atoms with Crippen molar-refractivity contribution >= 4 is 0 Å². The molecule has 2 unspecified atom stereocenters. The summed E-state index contributed by atoms with van der Waals surface area (Å²) in [6.45, 7) is 4.63. The molecule has 2 rings (SSSR count). The average Bonchev–Trinajstić information content (AvgIpc) is 2.53. The molecule has 1 heteroatoms. The van der Waals surface area contributed by atoms with Gasteiger partial charge in [-0.2, -0.15) is 0 Å². The summed E-state index contributed by atoms with van der Waals surface area (Å²) >= 11 is 0. The normalized spacial score (nSPS) is 19.8. The maximum Gasteiger partial charge on any atom is 0.0320 e. The predicted octanol–water partition coefficient (Wildman–Crippen LogP) is 5.43. The number of rotatable bonds is 6. The fourth-order valence-electron chi connectivity index (χ4n) is 3.43. The maximum absolute atomic E-state index is 3.48. The van der Waals surface area contributed by atoms with Crippen LogP contribution in [0.1, 0.15) is 81.9 Å². The van der Waals surface area contributed by atoms with Crippen LogP contribution in [0.2, 0.25) is 0 Å². The van der Waals surface area contributed by atoms with Crippen LogP contribution in [0, 0.1) is 5.92 Å². The lowest BCUT2D eigenvalue weighted by atomic mass is 9.83. The molecule has 1 aliphatic rings. The molecule has 0 bridgehead atoms. The van der Waals surface area contributed by atoms with Gasteiger partial charge in [-0.15, -0.1) is 0 Å². The third-order valence-electron chi connectivity index (χ3n) is 5.10. The van der Waals surface area contributed by atoms with Gasteiger partial charge in [0.1, 0.15) is 0 Å². The van der Waals surface area contributed by atoms with Crippen LogP contribution in [-0.2, 0) is 0 Å². The molecular weight excluding hydrogens is 242 g/mol. The highest BCUT2D eigenvalue weighted by atomic mass is 14.9. The predicted molar refractivity (Wildman–Crippen MR) is 88.1 cm³/mol. The van der Waals surface area contributed by atoms with Gasteiger partial charge in [0.25, 0.3) is 0 Å². The number of hydrogen-bond donors (Lipinski definition) is 1. The van der Waals surface area contributed by atoms with Crippen LogP contribution in [-0.4, -0.2) is 7.05 Å². The lowest BCUT2D eigenvalue weighted by molar-refractivity contribution is 0.421. The van der Waals surface area contributed by atoms with Crippen molar-refractivity contribution in [3.8, 4) is 0 Å². The molecule has 1 saturated carbocycles. The molecule has 1 aromatic rings. The Balaban J connectivity index is 2.01. The van der Waals surface area contributed by atoms with E-state index in [1.54, 1.807) is 5.56 Å². The molecule has 1 nitrogen and oxygen atoms in total.